The summed E-state index contributed by atoms with van der Waals surface area (Å²) in [7, 11) is 1.65. The van der Waals surface area contributed by atoms with Crippen LogP contribution >= 0.6 is 0 Å². The van der Waals surface area contributed by atoms with Crippen molar-refractivity contribution in [3.63, 3.8) is 0 Å². The Labute approximate surface area is 200 Å². The van der Waals surface area contributed by atoms with E-state index in [1.54, 1.807) is 7.11 Å². The van der Waals surface area contributed by atoms with Crippen molar-refractivity contribution >= 4 is 16.9 Å². The van der Waals surface area contributed by atoms with Gasteiger partial charge in [-0.1, -0.05) is 36.4 Å². The number of ether oxygens (including phenoxy) is 2. The first-order chi connectivity index (χ1) is 16.6. The predicted molar refractivity (Wildman–Crippen MR) is 135 cm³/mol. The van der Waals surface area contributed by atoms with Gasteiger partial charge in [-0.3, -0.25) is 4.79 Å². The molecule has 0 saturated heterocycles. The lowest BCUT2D eigenvalue weighted by atomic mass is 10.1. The Kier molecular flexibility index (Phi) is 7.48. The van der Waals surface area contributed by atoms with Gasteiger partial charge in [-0.2, -0.15) is 0 Å². The Bertz CT molecular complexity index is 1260. The number of benzene rings is 3. The van der Waals surface area contributed by atoms with Gasteiger partial charge in [0.2, 0.25) is 0 Å². The number of unbranched alkanes of at least 4 members (excludes halogenated alkanes) is 1. The second-order valence-corrected chi connectivity index (χ2v) is 8.35. The maximum atomic E-state index is 12.9. The second kappa shape index (κ2) is 10.9. The Balaban J connectivity index is 1.42. The maximum absolute atomic E-state index is 12.9. The fourth-order valence-corrected chi connectivity index (χ4v) is 4.08. The quantitative estimate of drug-likeness (QED) is 0.310. The average Bonchev–Trinajstić information content (AvgIpc) is 3.23. The molecule has 0 radical (unpaired) electrons. The number of carbonyl (C=O) groups excluding carboxylic acids is 1. The first-order valence-corrected chi connectivity index (χ1v) is 11.7. The van der Waals surface area contributed by atoms with Gasteiger partial charge < -0.3 is 19.4 Å². The molecule has 1 N–H and O–H groups in total. The third-order valence-corrected chi connectivity index (χ3v) is 5.89. The summed E-state index contributed by atoms with van der Waals surface area (Å²) in [4.78, 5) is 17.7. The Morgan fingerprint density at radius 1 is 1.00 bits per heavy atom. The summed E-state index contributed by atoms with van der Waals surface area (Å²) in [6.07, 6.45) is 1.82. The number of hydrogen-bond donors (Lipinski definition) is 1. The van der Waals surface area contributed by atoms with Crippen molar-refractivity contribution < 1.29 is 14.3 Å². The number of imidazole rings is 1. The minimum atomic E-state index is -0.229. The summed E-state index contributed by atoms with van der Waals surface area (Å²) in [6, 6.07) is 23.1. The molecular weight excluding hydrogens is 426 g/mol. The summed E-state index contributed by atoms with van der Waals surface area (Å²) in [5.74, 6) is 2.36. The molecule has 3 aromatic carbocycles. The summed E-state index contributed by atoms with van der Waals surface area (Å²) >= 11 is 0. The van der Waals surface area contributed by atoms with E-state index in [9.17, 15) is 4.79 Å². The highest BCUT2D eigenvalue weighted by atomic mass is 16.5. The van der Waals surface area contributed by atoms with Gasteiger partial charge in [-0.05, 0) is 62.6 Å². The van der Waals surface area contributed by atoms with E-state index in [1.807, 2.05) is 80.6 Å². The number of aromatic nitrogens is 2. The van der Waals surface area contributed by atoms with E-state index in [0.29, 0.717) is 12.2 Å². The zero-order valence-electron chi connectivity index (χ0n) is 20.0. The maximum Gasteiger partial charge on any atom is 0.252 e. The molecule has 1 atom stereocenters. The third kappa shape index (κ3) is 5.39. The first-order valence-electron chi connectivity index (χ1n) is 11.7. The monoisotopic (exact) mass is 457 g/mol. The molecule has 0 aliphatic carbocycles. The van der Waals surface area contributed by atoms with Crippen LogP contribution in [0.3, 0.4) is 0 Å². The van der Waals surface area contributed by atoms with Crippen LogP contribution in [0.25, 0.3) is 11.0 Å². The van der Waals surface area contributed by atoms with Gasteiger partial charge >= 0.3 is 0 Å². The van der Waals surface area contributed by atoms with Gasteiger partial charge in [0.25, 0.3) is 5.91 Å². The van der Waals surface area contributed by atoms with Crippen molar-refractivity contribution in [1.29, 1.82) is 0 Å². The Morgan fingerprint density at radius 2 is 1.76 bits per heavy atom. The van der Waals surface area contributed by atoms with E-state index in [2.05, 4.69) is 16.0 Å². The van der Waals surface area contributed by atoms with Crippen LogP contribution in [0, 0.1) is 6.92 Å². The van der Waals surface area contributed by atoms with Gasteiger partial charge in [-0.25, -0.2) is 4.98 Å². The summed E-state index contributed by atoms with van der Waals surface area (Å²) in [6.45, 7) is 5.35. The smallest absolute Gasteiger partial charge is 0.252 e. The number of fused-ring (bicyclic) bond motifs is 1. The van der Waals surface area contributed by atoms with Gasteiger partial charge in [0.05, 0.1) is 30.8 Å². The van der Waals surface area contributed by atoms with E-state index in [4.69, 9.17) is 14.5 Å². The van der Waals surface area contributed by atoms with Crippen molar-refractivity contribution in [2.45, 2.75) is 39.3 Å². The lowest BCUT2D eigenvalue weighted by Gasteiger charge is -2.17. The first kappa shape index (κ1) is 23.4. The van der Waals surface area contributed by atoms with E-state index in [-0.39, 0.29) is 11.9 Å². The highest BCUT2D eigenvalue weighted by molar-refractivity contribution is 5.95. The number of methoxy groups -OCH3 is 1. The number of para-hydroxylation sites is 2. The fraction of sp³-hybridized carbons (Fsp3) is 0.286. The standard InChI is InChI=1S/C28H31N3O3/c1-20-11-4-5-14-24(20)28(32)29-21(2)27-30-25-15-6-7-16-26(25)31(27)17-8-9-18-34-23-13-10-12-22(19-23)33-3/h4-7,10-16,19,21H,8-9,17-18H2,1-3H3,(H,29,32). The summed E-state index contributed by atoms with van der Waals surface area (Å²) < 4.78 is 13.3. The van der Waals surface area contributed by atoms with Crippen LogP contribution in [0.4, 0.5) is 0 Å². The zero-order chi connectivity index (χ0) is 23.9. The van der Waals surface area contributed by atoms with Crippen LogP contribution < -0.4 is 14.8 Å². The third-order valence-electron chi connectivity index (χ3n) is 5.89. The number of aryl methyl sites for hydroxylation is 2. The summed E-state index contributed by atoms with van der Waals surface area (Å²) in [5.41, 5.74) is 3.65. The minimum Gasteiger partial charge on any atom is -0.497 e. The molecule has 0 aliphatic heterocycles. The van der Waals surface area contributed by atoms with Gasteiger partial charge in [0.15, 0.2) is 0 Å². The van der Waals surface area contributed by atoms with Crippen LogP contribution in [0.5, 0.6) is 11.5 Å². The van der Waals surface area contributed by atoms with Gasteiger partial charge in [0, 0.05) is 18.2 Å². The zero-order valence-corrected chi connectivity index (χ0v) is 20.0. The van der Waals surface area contributed by atoms with Crippen molar-refractivity contribution in [3.05, 3.63) is 89.7 Å². The molecule has 34 heavy (non-hydrogen) atoms. The number of carbonyl (C=O) groups is 1. The molecule has 6 nitrogen and oxygen atoms in total. The van der Waals surface area contributed by atoms with Crippen molar-refractivity contribution in [2.75, 3.05) is 13.7 Å². The highest BCUT2D eigenvalue weighted by Gasteiger charge is 2.19. The molecule has 1 amide bonds. The van der Waals surface area contributed by atoms with Crippen LogP contribution in [-0.2, 0) is 6.54 Å². The number of nitrogens with one attached hydrogen (secondary N) is 1. The van der Waals surface area contributed by atoms with Crippen molar-refractivity contribution in [3.8, 4) is 11.5 Å². The Morgan fingerprint density at radius 3 is 2.59 bits per heavy atom. The molecule has 1 aromatic heterocycles. The molecule has 0 saturated carbocycles. The molecule has 4 aromatic rings. The van der Waals surface area contributed by atoms with E-state index in [0.717, 1.165) is 53.3 Å². The molecule has 0 fully saturated rings. The summed E-state index contributed by atoms with van der Waals surface area (Å²) in [5, 5.41) is 3.13. The molecule has 176 valence electrons. The molecule has 0 spiro atoms. The van der Waals surface area contributed by atoms with Crippen molar-refractivity contribution in [2.24, 2.45) is 0 Å². The van der Waals surface area contributed by atoms with E-state index >= 15 is 0 Å². The molecule has 1 heterocycles. The number of rotatable bonds is 10. The predicted octanol–water partition coefficient (Wildman–Crippen LogP) is 5.70. The van der Waals surface area contributed by atoms with Crippen LogP contribution in [0.15, 0.2) is 72.8 Å². The van der Waals surface area contributed by atoms with E-state index < -0.39 is 0 Å². The molecule has 6 heteroatoms. The molecule has 1 unspecified atom stereocenters. The normalized spacial score (nSPS) is 11.9. The second-order valence-electron chi connectivity index (χ2n) is 8.35. The molecule has 0 aliphatic rings. The number of hydrogen-bond acceptors (Lipinski definition) is 4. The van der Waals surface area contributed by atoms with Gasteiger partial charge in [-0.15, -0.1) is 0 Å². The topological polar surface area (TPSA) is 65.4 Å². The Hall–Kier alpha value is -3.80. The fourth-order valence-electron chi connectivity index (χ4n) is 4.08. The molecule has 4 rings (SSSR count). The molecular formula is C28H31N3O3. The minimum absolute atomic E-state index is 0.0871. The van der Waals surface area contributed by atoms with Crippen LogP contribution in [0.2, 0.25) is 0 Å². The van der Waals surface area contributed by atoms with Gasteiger partial charge in [0.1, 0.15) is 17.3 Å². The average molecular weight is 458 g/mol. The highest BCUT2D eigenvalue weighted by Crippen LogP contribution is 2.23. The van der Waals surface area contributed by atoms with Crippen LogP contribution in [0.1, 0.15) is 47.6 Å². The van der Waals surface area contributed by atoms with Crippen molar-refractivity contribution in [1.82, 2.24) is 14.9 Å². The van der Waals surface area contributed by atoms with Crippen LogP contribution in [-0.4, -0.2) is 29.2 Å². The largest absolute Gasteiger partial charge is 0.497 e. The SMILES string of the molecule is COc1cccc(OCCCCn2c(C(C)NC(=O)c3ccccc3C)nc3ccccc32)c1. The molecule has 0 bridgehead atoms. The van der Waals surface area contributed by atoms with E-state index in [1.165, 1.54) is 0 Å². The number of nitrogens with zero attached hydrogens (tertiary/aromatic N) is 2. The lowest BCUT2D eigenvalue weighted by Crippen LogP contribution is -2.29. The number of amides is 1. The lowest BCUT2D eigenvalue weighted by molar-refractivity contribution is 0.0937.